The molecule has 33 heteroatoms. The molecule has 0 saturated heterocycles. The molecule has 366 valence electrons. The van der Waals surface area contributed by atoms with Crippen LogP contribution >= 0.6 is 34.8 Å². The second kappa shape index (κ2) is 32.2. The quantitative estimate of drug-likeness (QED) is 0.0569. The van der Waals surface area contributed by atoms with Gasteiger partial charge in [-0.1, -0.05) is 114 Å². The highest BCUT2D eigenvalue weighted by molar-refractivity contribution is 6.63. The highest BCUT2D eigenvalue weighted by Gasteiger charge is 2.31. The molecule has 0 bridgehead atoms. The lowest BCUT2D eigenvalue weighted by molar-refractivity contribution is -0.100. The van der Waals surface area contributed by atoms with Crippen molar-refractivity contribution in [1.29, 1.82) is 0 Å². The Morgan fingerprint density at radius 3 is 1.25 bits per heavy atom. The van der Waals surface area contributed by atoms with E-state index in [4.69, 9.17) is 75.0 Å². The van der Waals surface area contributed by atoms with E-state index in [1.54, 1.807) is 66.7 Å². The maximum atomic E-state index is 12.8. The number of hydrogen-bond donors (Lipinski definition) is 8. The second-order valence-corrected chi connectivity index (χ2v) is 13.6. The van der Waals surface area contributed by atoms with E-state index < -0.39 is 106 Å². The topological polar surface area (TPSA) is 199 Å². The van der Waals surface area contributed by atoms with E-state index in [9.17, 15) is 53.2 Å². The molecule has 12 nitrogen and oxygen atoms in total. The lowest BCUT2D eigenvalue weighted by Crippen LogP contribution is -2.36. The molecule has 0 spiro atoms. The van der Waals surface area contributed by atoms with Crippen LogP contribution in [0.25, 0.3) is 0 Å². The van der Waals surface area contributed by atoms with Gasteiger partial charge in [0.2, 0.25) is 0 Å². The first-order valence-electron chi connectivity index (χ1n) is 18.0. The minimum atomic E-state index is -2.37. The largest absolute Gasteiger partial charge is 0.571 e. The second-order valence-electron chi connectivity index (χ2n) is 12.3. The third-order valence-corrected chi connectivity index (χ3v) is 8.51. The van der Waals surface area contributed by atoms with E-state index in [1.807, 2.05) is 0 Å². The van der Waals surface area contributed by atoms with Crippen LogP contribution in [0.5, 0.6) is 0 Å². The maximum Gasteiger partial charge on any atom is 0.571 e. The summed E-state index contributed by atoms with van der Waals surface area (Å²) in [5.74, 6) is -11.5. The van der Waals surface area contributed by atoms with Crippen LogP contribution in [0.15, 0.2) is 115 Å². The van der Waals surface area contributed by atoms with Gasteiger partial charge in [-0.2, -0.15) is 0 Å². The van der Waals surface area contributed by atoms with E-state index in [-0.39, 0.29) is 0 Å². The monoisotopic (exact) mass is 1050 g/mol. The summed E-state index contributed by atoms with van der Waals surface area (Å²) in [5, 5.41) is 70.2. The van der Waals surface area contributed by atoms with Crippen LogP contribution in [0.1, 0.15) is 0 Å². The summed E-state index contributed by atoms with van der Waals surface area (Å²) in [7, 11) is -11.2. The van der Waals surface area contributed by atoms with Gasteiger partial charge in [0.1, 0.15) is 17.5 Å². The molecule has 6 rings (SSSR count). The van der Waals surface area contributed by atoms with Crippen LogP contribution in [0, 0.1) is 46.5 Å². The van der Waals surface area contributed by atoms with Crippen molar-refractivity contribution >= 4 is 110 Å². The average molecular weight is 1050 g/mol. The third-order valence-electron chi connectivity index (χ3n) is 7.68. The molecule has 0 amide bonds. The predicted molar refractivity (Wildman–Crippen MR) is 232 cm³/mol. The molecular weight excluding hydrogens is 1020 g/mol. The maximum absolute atomic E-state index is 12.8. The first-order valence-corrected chi connectivity index (χ1v) is 19.1. The van der Waals surface area contributed by atoms with Crippen LogP contribution in [0.4, 0.5) is 53.2 Å². The zero-order chi connectivity index (χ0) is 52.5. The van der Waals surface area contributed by atoms with Gasteiger partial charge < -0.3 is 40.2 Å². The summed E-state index contributed by atoms with van der Waals surface area (Å²) in [6, 6.07) is 24.0. The molecule has 0 atom stereocenters. The zero-order valence-electron chi connectivity index (χ0n) is 33.8. The fourth-order valence-electron chi connectivity index (χ4n) is 4.43. The Labute approximate surface area is 398 Å². The van der Waals surface area contributed by atoms with Gasteiger partial charge in [0.05, 0.1) is 5.46 Å². The summed E-state index contributed by atoms with van der Waals surface area (Å²) >= 11 is 16.7. The minimum absolute atomic E-state index is 0.337. The number of benzene rings is 6. The van der Waals surface area contributed by atoms with Gasteiger partial charge >= 0.3 is 42.7 Å². The Morgan fingerprint density at radius 2 is 0.826 bits per heavy atom. The van der Waals surface area contributed by atoms with Gasteiger partial charge in [-0.3, -0.25) is 0 Å². The molecule has 0 aliphatic heterocycles. The highest BCUT2D eigenvalue weighted by atomic mass is 35.5. The van der Waals surface area contributed by atoms with E-state index >= 15 is 0 Å². The molecule has 0 heterocycles. The summed E-state index contributed by atoms with van der Waals surface area (Å²) in [6.07, 6.45) is 0. The first kappa shape index (κ1) is 62.3. The van der Waals surface area contributed by atoms with E-state index in [1.165, 1.54) is 6.07 Å². The Balaban J connectivity index is 0.000000416. The molecule has 0 unspecified atom stereocenters. The molecule has 0 saturated carbocycles. The third kappa shape index (κ3) is 21.4. The molecule has 6 aromatic rings. The highest BCUT2D eigenvalue weighted by Crippen LogP contribution is 2.11. The molecule has 0 aliphatic rings. The molecule has 0 aromatic heterocycles. The van der Waals surface area contributed by atoms with Crippen LogP contribution in [-0.4, -0.2) is 82.9 Å². The van der Waals surface area contributed by atoms with Crippen molar-refractivity contribution in [3.05, 3.63) is 177 Å². The van der Waals surface area contributed by atoms with E-state index in [2.05, 4.69) is 19.4 Å². The normalized spacial score (nSPS) is 9.90. The summed E-state index contributed by atoms with van der Waals surface area (Å²) in [4.78, 5) is 11.5. The Hall–Kier alpha value is -4.74. The van der Waals surface area contributed by atoms with Crippen molar-refractivity contribution < 1.29 is 113 Å². The van der Waals surface area contributed by atoms with Crippen LogP contribution in [0.2, 0.25) is 15.1 Å². The van der Waals surface area contributed by atoms with Crippen molar-refractivity contribution in [3.8, 4) is 0 Å². The summed E-state index contributed by atoms with van der Waals surface area (Å²) < 4.78 is 146. The van der Waals surface area contributed by atoms with Crippen LogP contribution in [0.3, 0.4) is 0 Å². The molecule has 8 N–H and O–H groups in total. The van der Waals surface area contributed by atoms with Gasteiger partial charge in [-0.15, -0.1) is 0 Å². The van der Waals surface area contributed by atoms with E-state index in [0.717, 1.165) is 18.2 Å². The summed E-state index contributed by atoms with van der Waals surface area (Å²) in [5.41, 5.74) is -1.36. The van der Waals surface area contributed by atoms with Gasteiger partial charge in [0, 0.05) is 43.6 Å². The van der Waals surface area contributed by atoms with Gasteiger partial charge in [0.15, 0.2) is 29.1 Å². The number of rotatable bonds is 10. The predicted octanol–water partition coefficient (Wildman–Crippen LogP) is 2.91. The molecule has 0 radical (unpaired) electrons. The Bertz CT molecular complexity index is 2440. The van der Waals surface area contributed by atoms with Crippen molar-refractivity contribution in [1.82, 2.24) is 0 Å². The molecule has 69 heavy (non-hydrogen) atoms. The van der Waals surface area contributed by atoms with Crippen molar-refractivity contribution in [2.75, 3.05) is 0 Å². The Kier molecular flexibility index (Phi) is 29.1. The average Bonchev–Trinajstić information content (AvgIpc) is 3.29. The lowest BCUT2D eigenvalue weighted by atomic mass is 9.79. The fraction of sp³-hybridized carbons (Fsp3) is 0. The van der Waals surface area contributed by atoms with E-state index in [0.29, 0.717) is 55.7 Å². The fourth-order valence-corrected chi connectivity index (χ4v) is 4.99. The van der Waals surface area contributed by atoms with Gasteiger partial charge in [-0.05, 0) is 53.4 Å². The number of halogens is 15. The smallest absolute Gasteiger partial charge is 0.423 e. The molecule has 0 fully saturated rings. The number of hydrogen-bond acceptors (Lipinski definition) is 12. The van der Waals surface area contributed by atoms with Crippen LogP contribution in [-0.2, 0) is 19.4 Å². The van der Waals surface area contributed by atoms with Gasteiger partial charge in [0.25, 0.3) is 0 Å². The molecular formula is C36H27B6Cl3F12O12. The first-order chi connectivity index (χ1) is 32.4. The zero-order valence-corrected chi connectivity index (χ0v) is 36.1. The van der Waals surface area contributed by atoms with Crippen molar-refractivity contribution in [2.24, 2.45) is 0 Å². The van der Waals surface area contributed by atoms with Crippen molar-refractivity contribution in [2.45, 2.75) is 0 Å². The summed E-state index contributed by atoms with van der Waals surface area (Å²) in [6.45, 7) is 0. The van der Waals surface area contributed by atoms with Crippen LogP contribution < -0.4 is 32.8 Å². The molecule has 6 aromatic carbocycles. The standard InChI is InChI=1S/3C6H6BClO2.C6H2BF5O2.C6H3BF4O2.C6H4BF3O2/c8-6-3-1-5(2-4-6)7(9)10;8-6-3-1-2-5(4-6)7(9)10;8-6-4-2-1-3-5(6)7(9)10;8-4-2-1-3(5(9)6(4)10)7(13-11)14-12;8-5-3-1-2-4(6(5)9)7(12-10)13-11;8-3-1-4(9)6(7(11)12)5(10)2-3/h3*1-4,9-10H;1-2H;1-3H;1-2,11-12H. The van der Waals surface area contributed by atoms with Crippen molar-refractivity contribution in [3.63, 3.8) is 0 Å². The SMILES string of the molecule is FOB(OF)c1ccc(F)c(F)c1F.FOB(OF)c1cccc(F)c1F.OB(O)c1c(F)cc(F)cc1F.OB(O)c1ccc(Cl)cc1.OB(O)c1cccc(Cl)c1.OB(O)c1ccccc1Cl. The van der Waals surface area contributed by atoms with Gasteiger partial charge in [-0.25, -0.2) is 54.6 Å². The molecule has 0 aliphatic carbocycles. The Morgan fingerprint density at radius 1 is 0.362 bits per heavy atom. The minimum Gasteiger partial charge on any atom is -0.423 e. The lowest BCUT2D eigenvalue weighted by Gasteiger charge is -2.04.